The van der Waals surface area contributed by atoms with E-state index >= 15 is 0 Å². The molecule has 12 aliphatic rings. The molecule has 1 saturated carbocycles. The summed E-state index contributed by atoms with van der Waals surface area (Å²) in [5.41, 5.74) is 15.3. The fourth-order valence-electron chi connectivity index (χ4n) is 15.6. The SMILES string of the molecule is C.C.C.C.C.C.C.CB(O)N1CCN(C)CC1.CC(=O)N1CCN(C)CC1.CC(C)(C)C.CN1CCCCC1.CN1CCCCC1.CN1CCCCC1.CN1CCCCC1.CN1CCCCC1.CN1CCCCC1.CN1CCCN(Cc2ccc(O)c3ncccc23)CC1.CN1CCN(Cc2ccc(O)c3ncccc23)CC1.NC1C=CN=C1.NC1CCCCC1. The van der Waals surface area contributed by atoms with Crippen LogP contribution in [0.2, 0.25) is 6.82 Å². The van der Waals surface area contributed by atoms with Crippen molar-refractivity contribution in [2.75, 3.05) is 254 Å². The number of fused-ring (bicyclic) bond motifs is 2. The lowest BCUT2D eigenvalue weighted by atomic mass is 9.84. The fourth-order valence-corrected chi connectivity index (χ4v) is 15.6. The Labute approximate surface area is 779 Å². The van der Waals surface area contributed by atoms with E-state index < -0.39 is 0 Å². The molecule has 1 atom stereocenters. The summed E-state index contributed by atoms with van der Waals surface area (Å²) >= 11 is 0. The van der Waals surface area contributed by atoms with Crippen LogP contribution in [0.25, 0.3) is 21.8 Å². The van der Waals surface area contributed by atoms with E-state index in [-0.39, 0.29) is 82.5 Å². The lowest BCUT2D eigenvalue weighted by Crippen LogP contribution is -2.50. The minimum absolute atomic E-state index is 0. The van der Waals surface area contributed by atoms with Gasteiger partial charge in [0.05, 0.1) is 6.04 Å². The van der Waals surface area contributed by atoms with E-state index in [4.69, 9.17) is 11.5 Å². The van der Waals surface area contributed by atoms with E-state index in [0.717, 1.165) is 122 Å². The Morgan fingerprint density at radius 3 is 0.897 bits per heavy atom. The zero-order valence-electron chi connectivity index (χ0n) is 78.9. The number of piperidine rings is 6. The topological polar surface area (TPSA) is 213 Å². The number of likely N-dealkylation sites (tertiary alicyclic amines) is 6. The molecule has 126 heavy (non-hydrogen) atoms. The first-order valence-corrected chi connectivity index (χ1v) is 46.8. The van der Waals surface area contributed by atoms with Crippen LogP contribution < -0.4 is 11.5 Å². The van der Waals surface area contributed by atoms with E-state index in [9.17, 15) is 20.0 Å². The van der Waals surface area contributed by atoms with Crippen molar-refractivity contribution in [2.24, 2.45) is 21.9 Å². The molecule has 1 aliphatic carbocycles. The van der Waals surface area contributed by atoms with Crippen molar-refractivity contribution < 1.29 is 20.0 Å². The number of likely N-dealkylation sites (N-methyl/N-ethyl adjacent to an activating group) is 4. The van der Waals surface area contributed by atoms with Crippen LogP contribution in [-0.4, -0.2) is 379 Å². The van der Waals surface area contributed by atoms with Crippen molar-refractivity contribution in [3.63, 3.8) is 0 Å². The molecule has 736 valence electrons. The number of carbonyl (C=O) groups excluding carboxylic acids is 1. The summed E-state index contributed by atoms with van der Waals surface area (Å²) in [6.07, 6.45) is 42.2. The zero-order chi connectivity index (χ0) is 87.0. The number of hydrogen-bond donors (Lipinski definition) is 5. The Hall–Kier alpha value is -4.84. The monoisotopic (exact) mass is 1770 g/mol. The van der Waals surface area contributed by atoms with E-state index in [1.54, 1.807) is 43.9 Å². The lowest BCUT2D eigenvalue weighted by molar-refractivity contribution is -0.130. The first kappa shape index (κ1) is 127. The average Bonchev–Trinajstić information content (AvgIpc) is 0.871. The molecule has 23 nitrogen and oxygen atoms in total. The van der Waals surface area contributed by atoms with Gasteiger partial charge >= 0.3 is 7.05 Å². The van der Waals surface area contributed by atoms with Crippen LogP contribution in [0.4, 0.5) is 0 Å². The van der Waals surface area contributed by atoms with Gasteiger partial charge in [-0.05, 0) is 312 Å². The highest BCUT2D eigenvalue weighted by Crippen LogP contribution is 2.29. The molecule has 11 aliphatic heterocycles. The van der Waals surface area contributed by atoms with Crippen LogP contribution in [0.1, 0.15) is 252 Å². The summed E-state index contributed by atoms with van der Waals surface area (Å²) < 4.78 is 0. The average molecular weight is 1770 g/mol. The Bertz CT molecular complexity index is 3020. The Morgan fingerprint density at radius 2 is 0.651 bits per heavy atom. The summed E-state index contributed by atoms with van der Waals surface area (Å²) in [6, 6.07) is 16.1. The molecule has 0 spiro atoms. The van der Waals surface area contributed by atoms with Crippen LogP contribution in [0.3, 0.4) is 0 Å². The van der Waals surface area contributed by atoms with Gasteiger partial charge in [0.1, 0.15) is 22.5 Å². The summed E-state index contributed by atoms with van der Waals surface area (Å²) in [6.45, 7) is 46.8. The van der Waals surface area contributed by atoms with Crippen LogP contribution in [-0.2, 0) is 17.9 Å². The maximum absolute atomic E-state index is 10.8. The fraction of sp³-hybridized carbons (Fsp3) is 0.784. The molecule has 24 heteroatoms. The first-order valence-electron chi connectivity index (χ1n) is 46.8. The van der Waals surface area contributed by atoms with Gasteiger partial charge in [0.15, 0.2) is 0 Å². The highest BCUT2D eigenvalue weighted by Gasteiger charge is 2.22. The molecule has 2 aromatic heterocycles. The third kappa shape index (κ3) is 62.5. The van der Waals surface area contributed by atoms with Gasteiger partial charge in [-0.25, -0.2) is 0 Å². The number of nitrogens with two attached hydrogens (primary N) is 2. The summed E-state index contributed by atoms with van der Waals surface area (Å²) in [5, 5.41) is 31.0. The molecule has 7 N–H and O–H groups in total. The second kappa shape index (κ2) is 76.7. The standard InChI is InChI=1S/C16H21N3O.C15H19N3O.C7H14N2O.C6H15BN2O.7C6H13N.C5H12.C4H6N2.7CH4/c1-18-8-3-9-19(11-10-18)12-13-5-6-15(20)16-14(13)4-2-7-17-16;1-17-7-9-18(10-8-17)11-12-4-5-14(19)15-13(12)3-2-6-16-15;2*1-7(10)9-5-3-8(2)4-6-9;6*1-7-5-3-2-4-6-7;7-6-4-2-1-3-5-6;1-5(2,3)4;5-4-1-2-6-3-4;;;;;;;/h2,4-7,20H,3,8-12H2,1H3;2-6,19H,7-11H2,1H3;3-6H2,1-2H3;10H,3-6H2,1-2H3;6*2-6H2,1H3;6H,1-5,7H2;1-4H3;1-4H,5H2;7*1H4. The largest absolute Gasteiger partial charge is 0.506 e. The smallest absolute Gasteiger partial charge is 0.376 e. The Balaban J connectivity index is -0.000000653. The van der Waals surface area contributed by atoms with Crippen LogP contribution in [0.15, 0.2) is 78.2 Å². The number of aromatic hydroxyl groups is 2. The van der Waals surface area contributed by atoms with E-state index in [0.29, 0.717) is 22.5 Å². The van der Waals surface area contributed by atoms with Gasteiger partial charge in [0.2, 0.25) is 5.91 Å². The third-order valence-corrected chi connectivity index (χ3v) is 23.7. The minimum Gasteiger partial charge on any atom is -0.506 e. The van der Waals surface area contributed by atoms with E-state index in [1.165, 1.54) is 250 Å². The first-order chi connectivity index (χ1) is 57.0. The molecule has 13 heterocycles. The quantitative estimate of drug-likeness (QED) is 0.118. The van der Waals surface area contributed by atoms with Crippen molar-refractivity contribution in [3.8, 4) is 11.5 Å². The molecular weight excluding hydrogens is 1570 g/mol. The van der Waals surface area contributed by atoms with Gasteiger partial charge in [-0.3, -0.25) is 29.6 Å². The minimum atomic E-state index is -0.270. The number of aliphatic imine (C=N–C) groups is 1. The van der Waals surface area contributed by atoms with Crippen LogP contribution >= 0.6 is 0 Å². The molecule has 1 unspecified atom stereocenters. The molecule has 10 saturated heterocycles. The number of phenolic OH excluding ortho intramolecular Hbond substituents is 2. The number of rotatable bonds is 5. The molecule has 0 bridgehead atoms. The number of phenols is 2. The summed E-state index contributed by atoms with van der Waals surface area (Å²) in [4.78, 5) is 55.6. The maximum atomic E-state index is 10.8. The number of benzene rings is 2. The van der Waals surface area contributed by atoms with Gasteiger partial charge in [0, 0.05) is 153 Å². The number of piperazine rings is 3. The second-order valence-corrected chi connectivity index (χ2v) is 37.4. The summed E-state index contributed by atoms with van der Waals surface area (Å²) in [7, 11) is 21.4. The van der Waals surface area contributed by atoms with Gasteiger partial charge in [0.25, 0.3) is 0 Å². The predicted octanol–water partition coefficient (Wildman–Crippen LogP) is 17.2. The highest BCUT2D eigenvalue weighted by molar-refractivity contribution is 6.45. The van der Waals surface area contributed by atoms with Gasteiger partial charge < -0.3 is 85.4 Å². The second-order valence-electron chi connectivity index (χ2n) is 37.4. The van der Waals surface area contributed by atoms with Crippen molar-refractivity contribution in [1.82, 2.24) is 78.5 Å². The zero-order valence-corrected chi connectivity index (χ0v) is 78.9. The van der Waals surface area contributed by atoms with Crippen LogP contribution in [0.5, 0.6) is 11.5 Å². The molecule has 1 amide bonds. The predicted molar refractivity (Wildman–Crippen MR) is 557 cm³/mol. The number of hydrogen-bond acceptors (Lipinski definition) is 22. The number of amides is 1. The Morgan fingerprint density at radius 1 is 0.381 bits per heavy atom. The number of nitrogens with zero attached hydrogens (tertiary/aromatic N) is 17. The highest BCUT2D eigenvalue weighted by atomic mass is 16.3. The molecule has 11 fully saturated rings. The van der Waals surface area contributed by atoms with Gasteiger partial charge in [-0.2, -0.15) is 0 Å². The van der Waals surface area contributed by atoms with Gasteiger partial charge in [-0.15, -0.1) is 0 Å². The number of aromatic nitrogens is 2. The normalized spacial score (nSPS) is 20.8. The van der Waals surface area contributed by atoms with Gasteiger partial charge in [-0.1, -0.05) is 162 Å². The van der Waals surface area contributed by atoms with Crippen molar-refractivity contribution >= 4 is 41.0 Å². The molecule has 2 aromatic carbocycles. The number of carbonyl (C=O) groups is 1. The Kier molecular flexibility index (Phi) is 77.6. The molecule has 4 aromatic rings. The van der Waals surface area contributed by atoms with E-state index in [2.05, 4.69) is 177 Å². The molecule has 0 radical (unpaired) electrons. The molecule has 16 rings (SSSR count). The molecular formula is C102H206BN19O4. The van der Waals surface area contributed by atoms with Crippen LogP contribution in [0, 0.1) is 5.41 Å². The third-order valence-electron chi connectivity index (χ3n) is 23.7. The van der Waals surface area contributed by atoms with Crippen molar-refractivity contribution in [3.05, 3.63) is 84.3 Å². The lowest BCUT2D eigenvalue weighted by Gasteiger charge is -2.32. The van der Waals surface area contributed by atoms with E-state index in [1.807, 2.05) is 54.2 Å². The number of pyridine rings is 2. The van der Waals surface area contributed by atoms with Crippen molar-refractivity contribution in [1.29, 1.82) is 0 Å². The van der Waals surface area contributed by atoms with Crippen molar-refractivity contribution in [2.45, 2.75) is 273 Å². The maximum Gasteiger partial charge on any atom is 0.376 e. The summed E-state index contributed by atoms with van der Waals surface area (Å²) in [5.74, 6) is 0.728.